The first-order valence-corrected chi connectivity index (χ1v) is 6.40. The van der Waals surface area contributed by atoms with E-state index in [4.69, 9.17) is 0 Å². The zero-order chi connectivity index (χ0) is 12.5. The lowest BCUT2D eigenvalue weighted by molar-refractivity contribution is 0.950. The summed E-state index contributed by atoms with van der Waals surface area (Å²) >= 11 is 4.29. The molecule has 0 unspecified atom stereocenters. The molecular weight excluding hydrogens is 242 g/mol. The fourth-order valence-corrected chi connectivity index (χ4v) is 2.26. The van der Waals surface area contributed by atoms with E-state index in [1.807, 2.05) is 25.2 Å². The molecule has 0 fully saturated rings. The van der Waals surface area contributed by atoms with Gasteiger partial charge in [-0.05, 0) is 29.8 Å². The van der Waals surface area contributed by atoms with Gasteiger partial charge in [0, 0.05) is 19.0 Å². The third-order valence-electron chi connectivity index (χ3n) is 3.02. The Balaban J connectivity index is 2.23. The SMILES string of the molecule is Cn1c(-c2ccccn2)nc2cc(CS)ccc21. The fraction of sp³-hybridized carbons (Fsp3) is 0.143. The summed E-state index contributed by atoms with van der Waals surface area (Å²) in [4.78, 5) is 9.01. The maximum absolute atomic E-state index is 4.66. The number of nitrogens with zero attached hydrogens (tertiary/aromatic N) is 3. The second-order valence-electron chi connectivity index (χ2n) is 4.19. The molecule has 90 valence electrons. The molecule has 2 aromatic heterocycles. The molecule has 0 atom stereocenters. The molecule has 0 radical (unpaired) electrons. The van der Waals surface area contributed by atoms with E-state index in [-0.39, 0.29) is 0 Å². The normalized spacial score (nSPS) is 11.0. The van der Waals surface area contributed by atoms with Gasteiger partial charge in [0.1, 0.15) is 5.69 Å². The van der Waals surface area contributed by atoms with Crippen LogP contribution in [0.15, 0.2) is 42.6 Å². The highest BCUT2D eigenvalue weighted by molar-refractivity contribution is 7.79. The van der Waals surface area contributed by atoms with Crippen LogP contribution in [-0.4, -0.2) is 14.5 Å². The summed E-state index contributed by atoms with van der Waals surface area (Å²) in [6.07, 6.45) is 1.79. The van der Waals surface area contributed by atoms with Gasteiger partial charge in [-0.15, -0.1) is 0 Å². The standard InChI is InChI=1S/C14H13N3S/c1-17-13-6-5-10(9-18)8-12(13)16-14(17)11-4-2-3-7-15-11/h2-8,18H,9H2,1H3. The average Bonchev–Trinajstić information content (AvgIpc) is 2.76. The molecule has 0 spiro atoms. The zero-order valence-corrected chi connectivity index (χ0v) is 10.9. The quantitative estimate of drug-likeness (QED) is 0.713. The van der Waals surface area contributed by atoms with Crippen molar-refractivity contribution in [2.75, 3.05) is 0 Å². The van der Waals surface area contributed by atoms with E-state index in [9.17, 15) is 0 Å². The Labute approximate surface area is 111 Å². The first-order chi connectivity index (χ1) is 8.79. The molecule has 3 nitrogen and oxygen atoms in total. The van der Waals surface area contributed by atoms with Gasteiger partial charge in [-0.2, -0.15) is 12.6 Å². The molecule has 0 amide bonds. The van der Waals surface area contributed by atoms with E-state index in [1.165, 1.54) is 5.56 Å². The highest BCUT2D eigenvalue weighted by atomic mass is 32.1. The van der Waals surface area contributed by atoms with Crippen molar-refractivity contribution >= 4 is 23.7 Å². The van der Waals surface area contributed by atoms with Crippen LogP contribution in [0.4, 0.5) is 0 Å². The summed E-state index contributed by atoms with van der Waals surface area (Å²) < 4.78 is 2.07. The van der Waals surface area contributed by atoms with Crippen LogP contribution in [0, 0.1) is 0 Å². The number of hydrogen-bond acceptors (Lipinski definition) is 3. The van der Waals surface area contributed by atoms with Crippen LogP contribution < -0.4 is 0 Å². The summed E-state index contributed by atoms with van der Waals surface area (Å²) in [6, 6.07) is 12.1. The summed E-state index contributed by atoms with van der Waals surface area (Å²) in [5.41, 5.74) is 4.17. The van der Waals surface area contributed by atoms with Crippen LogP contribution in [0.1, 0.15) is 5.56 Å². The summed E-state index contributed by atoms with van der Waals surface area (Å²) in [6.45, 7) is 0. The van der Waals surface area contributed by atoms with Gasteiger partial charge < -0.3 is 4.57 Å². The minimum absolute atomic E-state index is 0.728. The number of pyridine rings is 1. The molecule has 2 heterocycles. The van der Waals surface area contributed by atoms with Crippen LogP contribution in [0.25, 0.3) is 22.6 Å². The van der Waals surface area contributed by atoms with Crippen LogP contribution in [0.3, 0.4) is 0 Å². The smallest absolute Gasteiger partial charge is 0.159 e. The molecule has 0 N–H and O–H groups in total. The Morgan fingerprint density at radius 1 is 1.22 bits per heavy atom. The lowest BCUT2D eigenvalue weighted by atomic mass is 10.2. The summed E-state index contributed by atoms with van der Waals surface area (Å²) in [5, 5.41) is 0. The monoisotopic (exact) mass is 255 g/mol. The number of aromatic nitrogens is 3. The lowest BCUT2D eigenvalue weighted by Gasteiger charge is -2.01. The predicted molar refractivity (Wildman–Crippen MR) is 76.6 cm³/mol. The first kappa shape index (κ1) is 11.3. The minimum atomic E-state index is 0.728. The molecule has 0 aliphatic rings. The number of imidazole rings is 1. The van der Waals surface area contributed by atoms with Crippen LogP contribution in [0.2, 0.25) is 0 Å². The summed E-state index contributed by atoms with van der Waals surface area (Å²) in [5.74, 6) is 1.62. The molecule has 3 rings (SSSR count). The topological polar surface area (TPSA) is 30.7 Å². The Bertz CT molecular complexity index is 689. The van der Waals surface area contributed by atoms with Crippen LogP contribution >= 0.6 is 12.6 Å². The maximum atomic E-state index is 4.66. The molecule has 4 heteroatoms. The van der Waals surface area contributed by atoms with E-state index in [1.54, 1.807) is 6.20 Å². The van der Waals surface area contributed by atoms with Gasteiger partial charge >= 0.3 is 0 Å². The number of hydrogen-bond donors (Lipinski definition) is 1. The van der Waals surface area contributed by atoms with Gasteiger partial charge in [0.05, 0.1) is 11.0 Å². The number of aryl methyl sites for hydroxylation is 1. The highest BCUT2D eigenvalue weighted by Crippen LogP contribution is 2.23. The van der Waals surface area contributed by atoms with Crippen LogP contribution in [0.5, 0.6) is 0 Å². The van der Waals surface area contributed by atoms with Gasteiger partial charge in [0.25, 0.3) is 0 Å². The van der Waals surface area contributed by atoms with Crippen molar-refractivity contribution in [1.29, 1.82) is 0 Å². The summed E-state index contributed by atoms with van der Waals surface area (Å²) in [7, 11) is 2.01. The van der Waals surface area contributed by atoms with E-state index >= 15 is 0 Å². The van der Waals surface area contributed by atoms with E-state index in [0.29, 0.717) is 0 Å². The average molecular weight is 255 g/mol. The highest BCUT2D eigenvalue weighted by Gasteiger charge is 2.10. The van der Waals surface area contributed by atoms with Crippen molar-refractivity contribution in [2.45, 2.75) is 5.75 Å². The van der Waals surface area contributed by atoms with Gasteiger partial charge in [0.15, 0.2) is 5.82 Å². The molecule has 0 bridgehead atoms. The molecule has 18 heavy (non-hydrogen) atoms. The van der Waals surface area contributed by atoms with Crippen molar-refractivity contribution < 1.29 is 0 Å². The molecule has 3 aromatic rings. The van der Waals surface area contributed by atoms with Gasteiger partial charge in [-0.3, -0.25) is 4.98 Å². The molecule has 0 saturated carbocycles. The fourth-order valence-electron chi connectivity index (χ4n) is 2.07. The molecule has 0 saturated heterocycles. The van der Waals surface area contributed by atoms with Crippen molar-refractivity contribution in [3.8, 4) is 11.5 Å². The van der Waals surface area contributed by atoms with Crippen molar-refractivity contribution in [2.24, 2.45) is 7.05 Å². The van der Waals surface area contributed by atoms with Crippen molar-refractivity contribution in [3.63, 3.8) is 0 Å². The number of rotatable bonds is 2. The van der Waals surface area contributed by atoms with Gasteiger partial charge in [-0.1, -0.05) is 12.1 Å². The van der Waals surface area contributed by atoms with Gasteiger partial charge in [0.2, 0.25) is 0 Å². The first-order valence-electron chi connectivity index (χ1n) is 5.77. The Hall–Kier alpha value is -1.81. The van der Waals surface area contributed by atoms with Crippen molar-refractivity contribution in [3.05, 3.63) is 48.2 Å². The second-order valence-corrected chi connectivity index (χ2v) is 4.51. The van der Waals surface area contributed by atoms with E-state index in [2.05, 4.69) is 45.4 Å². The molecule has 0 aliphatic heterocycles. The minimum Gasteiger partial charge on any atom is -0.326 e. The third kappa shape index (κ3) is 1.78. The lowest BCUT2D eigenvalue weighted by Crippen LogP contribution is -1.93. The molecule has 1 aromatic carbocycles. The number of fused-ring (bicyclic) bond motifs is 1. The Morgan fingerprint density at radius 2 is 2.11 bits per heavy atom. The van der Waals surface area contributed by atoms with E-state index < -0.39 is 0 Å². The Kier molecular flexibility index (Phi) is 2.80. The Morgan fingerprint density at radius 3 is 2.83 bits per heavy atom. The largest absolute Gasteiger partial charge is 0.326 e. The third-order valence-corrected chi connectivity index (χ3v) is 3.39. The zero-order valence-electron chi connectivity index (χ0n) is 10.0. The van der Waals surface area contributed by atoms with E-state index in [0.717, 1.165) is 28.3 Å². The molecule has 0 aliphatic carbocycles. The van der Waals surface area contributed by atoms with Crippen molar-refractivity contribution in [1.82, 2.24) is 14.5 Å². The number of thiol groups is 1. The van der Waals surface area contributed by atoms with Gasteiger partial charge in [-0.25, -0.2) is 4.98 Å². The number of benzene rings is 1. The maximum Gasteiger partial charge on any atom is 0.159 e. The van der Waals surface area contributed by atoms with Crippen LogP contribution in [-0.2, 0) is 12.8 Å². The predicted octanol–water partition coefficient (Wildman–Crippen LogP) is 3.07. The molecular formula is C14H13N3S. The second kappa shape index (κ2) is 4.46.